The van der Waals surface area contributed by atoms with Gasteiger partial charge in [-0.2, -0.15) is 0 Å². The van der Waals surface area contributed by atoms with Gasteiger partial charge in [0.05, 0.1) is 19.6 Å². The molecule has 2 rings (SSSR count). The number of amides is 2. The Kier molecular flexibility index (Phi) is 9.18. The molecule has 30 heavy (non-hydrogen) atoms. The number of carbonyl (C=O) groups excluding carboxylic acids is 2. The van der Waals surface area contributed by atoms with Crippen molar-refractivity contribution in [3.05, 3.63) is 65.2 Å². The van der Waals surface area contributed by atoms with Crippen LogP contribution in [0.5, 0.6) is 5.75 Å². The van der Waals surface area contributed by atoms with E-state index in [1.165, 1.54) is 5.56 Å². The van der Waals surface area contributed by atoms with E-state index in [1.807, 2.05) is 50.2 Å². The molecular weight excluding hydrogens is 382 g/mol. The van der Waals surface area contributed by atoms with Gasteiger partial charge in [-0.15, -0.1) is 0 Å². The Labute approximate surface area is 176 Å². The Morgan fingerprint density at radius 3 is 2.33 bits per heavy atom. The molecule has 0 aromatic heterocycles. The van der Waals surface area contributed by atoms with E-state index in [-0.39, 0.29) is 12.5 Å². The number of aliphatic imine (C=N–C) groups is 1. The van der Waals surface area contributed by atoms with E-state index in [2.05, 4.69) is 20.9 Å². The number of guanidine groups is 1. The number of rotatable bonds is 10. The third kappa shape index (κ3) is 8.22. The van der Waals surface area contributed by atoms with E-state index in [4.69, 9.17) is 10.5 Å². The van der Waals surface area contributed by atoms with E-state index in [0.717, 1.165) is 17.9 Å². The number of benzene rings is 2. The second-order valence-corrected chi connectivity index (χ2v) is 6.63. The van der Waals surface area contributed by atoms with Crippen LogP contribution < -0.4 is 26.4 Å². The largest absolute Gasteiger partial charge is 0.492 e. The van der Waals surface area contributed by atoms with Gasteiger partial charge in [0.25, 0.3) is 5.91 Å². The normalized spacial score (nSPS) is 10.9. The first-order chi connectivity index (χ1) is 14.5. The van der Waals surface area contributed by atoms with Crippen molar-refractivity contribution < 1.29 is 14.3 Å². The molecule has 0 heterocycles. The maximum Gasteiger partial charge on any atom is 0.251 e. The molecule has 0 fully saturated rings. The predicted octanol–water partition coefficient (Wildman–Crippen LogP) is 1.34. The van der Waals surface area contributed by atoms with Crippen LogP contribution in [-0.4, -0.2) is 44.0 Å². The maximum absolute atomic E-state index is 11.9. The quantitative estimate of drug-likeness (QED) is 0.267. The van der Waals surface area contributed by atoms with Crippen molar-refractivity contribution in [2.24, 2.45) is 10.7 Å². The fourth-order valence-corrected chi connectivity index (χ4v) is 2.52. The van der Waals surface area contributed by atoms with Crippen molar-refractivity contribution in [1.29, 1.82) is 0 Å². The molecular formula is C22H29N5O3. The van der Waals surface area contributed by atoms with Crippen LogP contribution in [0.4, 0.5) is 0 Å². The van der Waals surface area contributed by atoms with Crippen molar-refractivity contribution in [3.63, 3.8) is 0 Å². The molecule has 0 radical (unpaired) electrons. The minimum absolute atomic E-state index is 0.184. The highest BCUT2D eigenvalue weighted by Gasteiger charge is 2.06. The molecule has 2 aromatic carbocycles. The average molecular weight is 412 g/mol. The predicted molar refractivity (Wildman–Crippen MR) is 117 cm³/mol. The van der Waals surface area contributed by atoms with E-state index in [9.17, 15) is 9.59 Å². The number of nitrogens with two attached hydrogens (primary N) is 1. The van der Waals surface area contributed by atoms with Crippen LogP contribution in [0.25, 0.3) is 0 Å². The molecule has 0 atom stereocenters. The second kappa shape index (κ2) is 12.1. The minimum atomic E-state index is -0.581. The molecule has 8 nitrogen and oxygen atoms in total. The summed E-state index contributed by atoms with van der Waals surface area (Å²) in [5.74, 6) is 0.604. The molecule has 0 aliphatic carbocycles. The Bertz CT molecular complexity index is 848. The molecule has 0 bridgehead atoms. The SMILES string of the molecule is CCNC(=NCc1ccc(C(=O)NCC(N)=O)cc1)NCCOc1ccc(C)cc1. The highest BCUT2D eigenvalue weighted by atomic mass is 16.5. The fraction of sp³-hybridized carbons (Fsp3) is 0.318. The zero-order valence-corrected chi connectivity index (χ0v) is 17.4. The van der Waals surface area contributed by atoms with Crippen LogP contribution in [0, 0.1) is 6.92 Å². The number of hydrogen-bond acceptors (Lipinski definition) is 4. The number of nitrogens with zero attached hydrogens (tertiary/aromatic N) is 1. The Morgan fingerprint density at radius 2 is 1.70 bits per heavy atom. The molecule has 0 saturated carbocycles. The van der Waals surface area contributed by atoms with Crippen molar-refractivity contribution in [2.75, 3.05) is 26.2 Å². The molecule has 8 heteroatoms. The van der Waals surface area contributed by atoms with Gasteiger partial charge in [0, 0.05) is 12.1 Å². The fourth-order valence-electron chi connectivity index (χ4n) is 2.52. The molecule has 0 saturated heterocycles. The zero-order valence-electron chi connectivity index (χ0n) is 17.4. The number of aryl methyl sites for hydroxylation is 1. The highest BCUT2D eigenvalue weighted by Crippen LogP contribution is 2.10. The Hall–Kier alpha value is -3.55. The van der Waals surface area contributed by atoms with Crippen LogP contribution >= 0.6 is 0 Å². The Balaban J connectivity index is 1.82. The summed E-state index contributed by atoms with van der Waals surface area (Å²) in [5, 5.41) is 8.88. The van der Waals surface area contributed by atoms with Crippen LogP contribution in [0.2, 0.25) is 0 Å². The third-order valence-corrected chi connectivity index (χ3v) is 4.09. The van der Waals surface area contributed by atoms with Gasteiger partial charge in [-0.1, -0.05) is 29.8 Å². The smallest absolute Gasteiger partial charge is 0.251 e. The molecule has 2 amide bonds. The van der Waals surface area contributed by atoms with Crippen LogP contribution in [0.15, 0.2) is 53.5 Å². The first-order valence-electron chi connectivity index (χ1n) is 9.85. The van der Waals surface area contributed by atoms with E-state index < -0.39 is 5.91 Å². The van der Waals surface area contributed by atoms with E-state index in [1.54, 1.807) is 12.1 Å². The Morgan fingerprint density at radius 1 is 1.00 bits per heavy atom. The van der Waals surface area contributed by atoms with Gasteiger partial charge < -0.3 is 26.4 Å². The van der Waals surface area contributed by atoms with Crippen molar-refractivity contribution >= 4 is 17.8 Å². The van der Waals surface area contributed by atoms with Crippen molar-refractivity contribution in [1.82, 2.24) is 16.0 Å². The lowest BCUT2D eigenvalue weighted by Gasteiger charge is -2.12. The molecule has 5 N–H and O–H groups in total. The molecule has 0 spiro atoms. The van der Waals surface area contributed by atoms with Gasteiger partial charge in [-0.3, -0.25) is 9.59 Å². The molecule has 0 unspecified atom stereocenters. The monoisotopic (exact) mass is 411 g/mol. The summed E-state index contributed by atoms with van der Waals surface area (Å²) in [6.07, 6.45) is 0. The number of carbonyl (C=O) groups is 2. The standard InChI is InChI=1S/C22H29N5O3/c1-3-24-22(25-12-13-30-19-10-4-16(2)5-11-19)27-14-17-6-8-18(9-7-17)21(29)26-15-20(23)28/h4-11H,3,12-15H2,1-2H3,(H2,23,28)(H,26,29)(H2,24,25,27). The first kappa shape index (κ1) is 22.7. The lowest BCUT2D eigenvalue weighted by atomic mass is 10.1. The van der Waals surface area contributed by atoms with E-state index in [0.29, 0.717) is 31.2 Å². The third-order valence-electron chi connectivity index (χ3n) is 4.09. The molecule has 0 aliphatic heterocycles. The maximum atomic E-state index is 11.9. The van der Waals surface area contributed by atoms with Gasteiger partial charge in [0.1, 0.15) is 12.4 Å². The molecule has 160 valence electrons. The lowest BCUT2D eigenvalue weighted by Crippen LogP contribution is -2.39. The highest BCUT2D eigenvalue weighted by molar-refractivity contribution is 5.96. The van der Waals surface area contributed by atoms with Gasteiger partial charge in [0.15, 0.2) is 5.96 Å². The summed E-state index contributed by atoms with van der Waals surface area (Å²) in [6, 6.07) is 15.0. The van der Waals surface area contributed by atoms with Crippen LogP contribution in [0.3, 0.4) is 0 Å². The van der Waals surface area contributed by atoms with Crippen LogP contribution in [-0.2, 0) is 11.3 Å². The second-order valence-electron chi connectivity index (χ2n) is 6.63. The number of ether oxygens (including phenoxy) is 1. The average Bonchev–Trinajstić information content (AvgIpc) is 2.74. The summed E-state index contributed by atoms with van der Waals surface area (Å²) in [4.78, 5) is 27.2. The molecule has 2 aromatic rings. The minimum Gasteiger partial charge on any atom is -0.492 e. The number of hydrogen-bond donors (Lipinski definition) is 4. The van der Waals surface area contributed by atoms with Gasteiger partial charge in [0.2, 0.25) is 5.91 Å². The lowest BCUT2D eigenvalue weighted by molar-refractivity contribution is -0.117. The van der Waals surface area contributed by atoms with Gasteiger partial charge >= 0.3 is 0 Å². The zero-order chi connectivity index (χ0) is 21.8. The first-order valence-corrected chi connectivity index (χ1v) is 9.85. The molecule has 0 aliphatic rings. The van der Waals surface area contributed by atoms with Crippen molar-refractivity contribution in [3.8, 4) is 5.75 Å². The summed E-state index contributed by atoms with van der Waals surface area (Å²) < 4.78 is 5.71. The van der Waals surface area contributed by atoms with E-state index >= 15 is 0 Å². The topological polar surface area (TPSA) is 118 Å². The number of nitrogens with one attached hydrogen (secondary N) is 3. The number of primary amides is 1. The summed E-state index contributed by atoms with van der Waals surface area (Å²) in [5.41, 5.74) is 7.64. The summed E-state index contributed by atoms with van der Waals surface area (Å²) in [7, 11) is 0. The van der Waals surface area contributed by atoms with Crippen LogP contribution in [0.1, 0.15) is 28.4 Å². The van der Waals surface area contributed by atoms with Crippen molar-refractivity contribution in [2.45, 2.75) is 20.4 Å². The summed E-state index contributed by atoms with van der Waals surface area (Å²) in [6.45, 7) is 6.18. The van der Waals surface area contributed by atoms with Gasteiger partial charge in [-0.25, -0.2) is 4.99 Å². The summed E-state index contributed by atoms with van der Waals surface area (Å²) >= 11 is 0. The van der Waals surface area contributed by atoms with Gasteiger partial charge in [-0.05, 0) is 43.7 Å².